The van der Waals surface area contributed by atoms with Crippen LogP contribution in [0.2, 0.25) is 0 Å². The lowest BCUT2D eigenvalue weighted by Gasteiger charge is -2.14. The Labute approximate surface area is 106 Å². The van der Waals surface area contributed by atoms with Gasteiger partial charge in [0.05, 0.1) is 0 Å². The molecule has 0 rings (SSSR count). The lowest BCUT2D eigenvalue weighted by molar-refractivity contribution is -0.104. The smallest absolute Gasteiger partial charge is 0.142 e. The lowest BCUT2D eigenvalue weighted by atomic mass is 9.91. The SMILES string of the molecule is C/C=C(C)/C=C(\C)C[C@H](C)C[C@H](C)/C=C/C=O. The Hall–Kier alpha value is -1.11. The highest BCUT2D eigenvalue weighted by Crippen LogP contribution is 2.20. The molecule has 0 amide bonds. The zero-order valence-electron chi connectivity index (χ0n) is 11.9. The van der Waals surface area contributed by atoms with Gasteiger partial charge < -0.3 is 0 Å². The average molecular weight is 234 g/mol. The fourth-order valence-corrected chi connectivity index (χ4v) is 2.11. The second kappa shape index (κ2) is 8.98. The molecule has 0 fully saturated rings. The van der Waals surface area contributed by atoms with E-state index in [4.69, 9.17) is 0 Å². The zero-order valence-corrected chi connectivity index (χ0v) is 11.9. The molecule has 0 aliphatic carbocycles. The summed E-state index contributed by atoms with van der Waals surface area (Å²) in [6.45, 7) is 10.8. The van der Waals surface area contributed by atoms with Gasteiger partial charge in [0, 0.05) is 0 Å². The fourth-order valence-electron chi connectivity index (χ4n) is 2.11. The minimum absolute atomic E-state index is 0.478. The van der Waals surface area contributed by atoms with Crippen LogP contribution in [0, 0.1) is 11.8 Å². The summed E-state index contributed by atoms with van der Waals surface area (Å²) in [5, 5.41) is 0. The van der Waals surface area contributed by atoms with E-state index in [0.717, 1.165) is 19.1 Å². The number of carbonyl (C=O) groups excluding carboxylic acids is 1. The van der Waals surface area contributed by atoms with Gasteiger partial charge in [0.15, 0.2) is 0 Å². The van der Waals surface area contributed by atoms with Crippen LogP contribution < -0.4 is 0 Å². The van der Waals surface area contributed by atoms with E-state index < -0.39 is 0 Å². The number of hydrogen-bond donors (Lipinski definition) is 0. The lowest BCUT2D eigenvalue weighted by Crippen LogP contribution is -2.02. The van der Waals surface area contributed by atoms with Crippen LogP contribution in [-0.2, 0) is 4.79 Å². The third kappa shape index (κ3) is 8.67. The van der Waals surface area contributed by atoms with Crippen LogP contribution >= 0.6 is 0 Å². The van der Waals surface area contributed by atoms with E-state index in [1.54, 1.807) is 6.08 Å². The molecule has 2 atom stereocenters. The van der Waals surface area contributed by atoms with Crippen molar-refractivity contribution >= 4 is 6.29 Å². The highest BCUT2D eigenvalue weighted by molar-refractivity contribution is 5.64. The summed E-state index contributed by atoms with van der Waals surface area (Å²) in [7, 11) is 0. The van der Waals surface area contributed by atoms with Gasteiger partial charge in [-0.05, 0) is 51.5 Å². The molecule has 0 aliphatic heterocycles. The Morgan fingerprint density at radius 2 is 1.88 bits per heavy atom. The van der Waals surface area contributed by atoms with E-state index in [-0.39, 0.29) is 0 Å². The van der Waals surface area contributed by atoms with Crippen molar-refractivity contribution in [2.24, 2.45) is 11.8 Å². The number of rotatable bonds is 7. The van der Waals surface area contributed by atoms with Crippen molar-refractivity contribution in [1.29, 1.82) is 0 Å². The molecular formula is C16H26O. The van der Waals surface area contributed by atoms with Gasteiger partial charge in [-0.1, -0.05) is 43.2 Å². The normalized spacial score (nSPS) is 17.2. The molecule has 0 aromatic heterocycles. The number of allylic oxidation sites excluding steroid dienone is 6. The maximum atomic E-state index is 10.2. The first-order valence-electron chi connectivity index (χ1n) is 6.41. The van der Waals surface area contributed by atoms with Crippen LogP contribution in [-0.4, -0.2) is 6.29 Å². The summed E-state index contributed by atoms with van der Waals surface area (Å²) in [5.74, 6) is 1.13. The Balaban J connectivity index is 4.17. The first-order chi connectivity index (χ1) is 7.99. The molecule has 0 N–H and O–H groups in total. The van der Waals surface area contributed by atoms with E-state index in [9.17, 15) is 4.79 Å². The van der Waals surface area contributed by atoms with Crippen molar-refractivity contribution in [3.63, 3.8) is 0 Å². The summed E-state index contributed by atoms with van der Waals surface area (Å²) < 4.78 is 0. The number of hydrogen-bond acceptors (Lipinski definition) is 1. The van der Waals surface area contributed by atoms with Crippen molar-refractivity contribution < 1.29 is 4.79 Å². The molecule has 0 saturated heterocycles. The third-order valence-electron chi connectivity index (χ3n) is 2.89. The molecule has 0 aliphatic rings. The second-order valence-corrected chi connectivity index (χ2v) is 5.07. The molecule has 0 bridgehead atoms. The van der Waals surface area contributed by atoms with Crippen LogP contribution in [0.5, 0.6) is 0 Å². The Kier molecular flexibility index (Phi) is 8.39. The number of aldehydes is 1. The zero-order chi connectivity index (χ0) is 13.3. The largest absolute Gasteiger partial charge is 0.299 e. The molecular weight excluding hydrogens is 208 g/mol. The maximum absolute atomic E-state index is 10.2. The summed E-state index contributed by atoms with van der Waals surface area (Å²) in [4.78, 5) is 10.2. The quantitative estimate of drug-likeness (QED) is 0.354. The Morgan fingerprint density at radius 3 is 2.41 bits per heavy atom. The monoisotopic (exact) mass is 234 g/mol. The highest BCUT2D eigenvalue weighted by Gasteiger charge is 2.07. The van der Waals surface area contributed by atoms with Gasteiger partial charge >= 0.3 is 0 Å². The first-order valence-corrected chi connectivity index (χ1v) is 6.41. The predicted octanol–water partition coefficient (Wildman–Crippen LogP) is 4.71. The highest BCUT2D eigenvalue weighted by atomic mass is 16.1. The molecule has 1 heteroatoms. The molecule has 0 saturated carbocycles. The third-order valence-corrected chi connectivity index (χ3v) is 2.89. The second-order valence-electron chi connectivity index (χ2n) is 5.07. The van der Waals surface area contributed by atoms with Gasteiger partial charge in [-0.3, -0.25) is 4.79 Å². The van der Waals surface area contributed by atoms with Gasteiger partial charge in [0.25, 0.3) is 0 Å². The summed E-state index contributed by atoms with van der Waals surface area (Å²) in [6, 6.07) is 0. The Morgan fingerprint density at radius 1 is 1.24 bits per heavy atom. The molecule has 0 unspecified atom stereocenters. The fraction of sp³-hybridized carbons (Fsp3) is 0.562. The molecule has 0 heterocycles. The van der Waals surface area contributed by atoms with Crippen LogP contribution in [0.25, 0.3) is 0 Å². The predicted molar refractivity (Wildman–Crippen MR) is 76.0 cm³/mol. The van der Waals surface area contributed by atoms with Crippen LogP contribution in [0.15, 0.2) is 35.5 Å². The minimum atomic E-state index is 0.478. The molecule has 0 spiro atoms. The van der Waals surface area contributed by atoms with Crippen molar-refractivity contribution in [3.05, 3.63) is 35.5 Å². The minimum Gasteiger partial charge on any atom is -0.299 e. The van der Waals surface area contributed by atoms with Crippen molar-refractivity contribution in [2.45, 2.75) is 47.5 Å². The molecule has 96 valence electrons. The maximum Gasteiger partial charge on any atom is 0.142 e. The van der Waals surface area contributed by atoms with Gasteiger partial charge in [0.1, 0.15) is 6.29 Å². The van der Waals surface area contributed by atoms with E-state index in [1.807, 2.05) is 6.08 Å². The van der Waals surface area contributed by atoms with Crippen LogP contribution in [0.1, 0.15) is 47.5 Å². The summed E-state index contributed by atoms with van der Waals surface area (Å²) in [5.41, 5.74) is 2.75. The topological polar surface area (TPSA) is 17.1 Å². The summed E-state index contributed by atoms with van der Waals surface area (Å²) >= 11 is 0. The van der Waals surface area contributed by atoms with Crippen molar-refractivity contribution in [1.82, 2.24) is 0 Å². The van der Waals surface area contributed by atoms with Crippen molar-refractivity contribution in [3.8, 4) is 0 Å². The van der Waals surface area contributed by atoms with Gasteiger partial charge in [-0.25, -0.2) is 0 Å². The molecule has 0 radical (unpaired) electrons. The average Bonchev–Trinajstić information content (AvgIpc) is 2.25. The van der Waals surface area contributed by atoms with Gasteiger partial charge in [-0.2, -0.15) is 0 Å². The molecule has 0 aromatic carbocycles. The molecule has 1 nitrogen and oxygen atoms in total. The van der Waals surface area contributed by atoms with Crippen LogP contribution in [0.4, 0.5) is 0 Å². The molecule has 0 aromatic rings. The van der Waals surface area contributed by atoms with E-state index in [0.29, 0.717) is 11.8 Å². The van der Waals surface area contributed by atoms with Crippen LogP contribution in [0.3, 0.4) is 0 Å². The first kappa shape index (κ1) is 15.9. The Bertz CT molecular complexity index is 307. The van der Waals surface area contributed by atoms with E-state index in [1.165, 1.54) is 11.1 Å². The standard InChI is InChI=1S/C16H26O/c1-6-13(2)10-15(4)12-16(5)11-14(3)8-7-9-17/h6-10,14,16H,11-12H2,1-5H3/b8-7+,13-6+,15-10+/t14-,16-/m1/s1. The van der Waals surface area contributed by atoms with Gasteiger partial charge in [0.2, 0.25) is 0 Å². The van der Waals surface area contributed by atoms with E-state index in [2.05, 4.69) is 46.8 Å². The van der Waals surface area contributed by atoms with Crippen molar-refractivity contribution in [2.75, 3.05) is 0 Å². The van der Waals surface area contributed by atoms with Gasteiger partial charge in [-0.15, -0.1) is 0 Å². The summed E-state index contributed by atoms with van der Waals surface area (Å²) in [6.07, 6.45) is 11.1. The van der Waals surface area contributed by atoms with E-state index >= 15 is 0 Å². The number of carbonyl (C=O) groups is 1. The molecule has 17 heavy (non-hydrogen) atoms.